The second-order valence-electron chi connectivity index (χ2n) is 7.11. The van der Waals surface area contributed by atoms with Crippen LogP contribution in [0.3, 0.4) is 0 Å². The van der Waals surface area contributed by atoms with Crippen molar-refractivity contribution in [2.75, 3.05) is 19.8 Å². The second-order valence-corrected chi connectivity index (χ2v) is 8.10. The van der Waals surface area contributed by atoms with Gasteiger partial charge in [0.1, 0.15) is 12.4 Å². The van der Waals surface area contributed by atoms with E-state index in [4.69, 9.17) is 14.2 Å². The molecule has 0 N–H and O–H groups in total. The summed E-state index contributed by atoms with van der Waals surface area (Å²) in [7, 11) is 0. The van der Waals surface area contributed by atoms with Gasteiger partial charge in [0.2, 0.25) is 5.75 Å². The minimum Gasteiger partial charge on any atom is -0.492 e. The second kappa shape index (κ2) is 10.8. The monoisotopic (exact) mass is 486 g/mol. The van der Waals surface area contributed by atoms with Crippen LogP contribution in [0.15, 0.2) is 41.3 Å². The number of carbonyl (C=O) groups excluding carboxylic acids is 3. The number of nitro groups is 1. The molecule has 2 aromatic rings. The number of carbonyl (C=O) groups is 3. The molecule has 0 atom stereocenters. The number of hydrogen-bond donors (Lipinski definition) is 0. The molecule has 2 aromatic carbocycles. The summed E-state index contributed by atoms with van der Waals surface area (Å²) >= 11 is 0.674. The summed E-state index contributed by atoms with van der Waals surface area (Å²) in [6.45, 7) is 4.93. The fraction of sp³-hybridized carbons (Fsp3) is 0.261. The highest BCUT2D eigenvalue weighted by molar-refractivity contribution is 8.18. The zero-order chi connectivity index (χ0) is 24.8. The summed E-state index contributed by atoms with van der Waals surface area (Å²) in [5.41, 5.74) is 0.631. The summed E-state index contributed by atoms with van der Waals surface area (Å²) in [5, 5.41) is 11.3. The lowest BCUT2D eigenvalue weighted by Gasteiger charge is -2.13. The van der Waals surface area contributed by atoms with Crippen LogP contribution < -0.4 is 14.2 Å². The summed E-state index contributed by atoms with van der Waals surface area (Å²) in [6.07, 6.45) is 1.25. The Hall–Kier alpha value is -3.86. The first kappa shape index (κ1) is 24.8. The van der Waals surface area contributed by atoms with Gasteiger partial charge >= 0.3 is 11.7 Å². The number of rotatable bonds is 9. The minimum atomic E-state index is -0.691. The largest absolute Gasteiger partial charge is 0.492 e. The Bertz CT molecular complexity index is 1160. The Morgan fingerprint density at radius 3 is 2.47 bits per heavy atom. The van der Waals surface area contributed by atoms with Gasteiger partial charge in [0.05, 0.1) is 28.5 Å². The van der Waals surface area contributed by atoms with Crippen LogP contribution in [0.1, 0.15) is 25.0 Å². The summed E-state index contributed by atoms with van der Waals surface area (Å²) in [5.74, 6) is -0.988. The molecule has 11 heteroatoms. The first-order valence-electron chi connectivity index (χ1n) is 10.3. The van der Waals surface area contributed by atoms with Gasteiger partial charge in [-0.25, -0.2) is 0 Å². The van der Waals surface area contributed by atoms with Crippen LogP contribution in [0, 0.1) is 17.0 Å². The first-order chi connectivity index (χ1) is 16.2. The molecule has 178 valence electrons. The van der Waals surface area contributed by atoms with Crippen LogP contribution in [0.5, 0.6) is 17.2 Å². The number of nitrogens with zero attached hydrogens (tertiary/aromatic N) is 2. The van der Waals surface area contributed by atoms with Crippen molar-refractivity contribution in [1.82, 2.24) is 4.90 Å². The van der Waals surface area contributed by atoms with E-state index in [2.05, 4.69) is 0 Å². The van der Waals surface area contributed by atoms with Gasteiger partial charge in [0.25, 0.3) is 11.1 Å². The molecule has 0 aromatic heterocycles. The van der Waals surface area contributed by atoms with Crippen molar-refractivity contribution >= 4 is 40.6 Å². The van der Waals surface area contributed by atoms with Gasteiger partial charge in [-0.15, -0.1) is 0 Å². The Morgan fingerprint density at radius 1 is 1.15 bits per heavy atom. The van der Waals surface area contributed by atoms with Gasteiger partial charge in [-0.2, -0.15) is 0 Å². The molecule has 1 heterocycles. The standard InChI is InChI=1S/C23H22N2O8S/c1-4-31-21-18(33-15(3)26)10-7-16(20(21)25(29)30)13-19-22(27)24(23(28)34-19)11-12-32-17-8-5-14(2)6-9-17/h5-10,13H,4,11-12H2,1-3H3/b19-13-. The van der Waals surface area contributed by atoms with Crippen molar-refractivity contribution in [2.24, 2.45) is 0 Å². The molecule has 0 saturated carbocycles. The summed E-state index contributed by atoms with van der Waals surface area (Å²) in [6, 6.07) is 10.0. The van der Waals surface area contributed by atoms with E-state index in [1.54, 1.807) is 19.1 Å². The third-order valence-electron chi connectivity index (χ3n) is 4.62. The van der Waals surface area contributed by atoms with Gasteiger partial charge in [0.15, 0.2) is 5.75 Å². The van der Waals surface area contributed by atoms with Gasteiger partial charge in [-0.05, 0) is 56.0 Å². The molecule has 0 bridgehead atoms. The molecule has 1 aliphatic rings. The number of hydrogen-bond acceptors (Lipinski definition) is 9. The van der Waals surface area contributed by atoms with Crippen molar-refractivity contribution in [3.8, 4) is 17.2 Å². The van der Waals surface area contributed by atoms with E-state index in [1.165, 1.54) is 18.2 Å². The van der Waals surface area contributed by atoms with Gasteiger partial charge in [-0.1, -0.05) is 17.7 Å². The SMILES string of the molecule is CCOc1c(OC(C)=O)ccc(/C=C2\SC(=O)N(CCOc3ccc(C)cc3)C2=O)c1[N+](=O)[O-]. The molecule has 34 heavy (non-hydrogen) atoms. The summed E-state index contributed by atoms with van der Waals surface area (Å²) in [4.78, 5) is 48.7. The molecule has 10 nitrogen and oxygen atoms in total. The molecule has 0 unspecified atom stereocenters. The number of ether oxygens (including phenoxy) is 3. The third-order valence-corrected chi connectivity index (χ3v) is 5.52. The highest BCUT2D eigenvalue weighted by Gasteiger charge is 2.36. The fourth-order valence-electron chi connectivity index (χ4n) is 3.11. The normalized spacial score (nSPS) is 14.4. The molecular weight excluding hydrogens is 464 g/mol. The van der Waals surface area contributed by atoms with Crippen molar-refractivity contribution in [3.63, 3.8) is 0 Å². The molecule has 3 rings (SSSR count). The van der Waals surface area contributed by atoms with Crippen molar-refractivity contribution in [3.05, 3.63) is 62.5 Å². The zero-order valence-electron chi connectivity index (χ0n) is 18.7. The zero-order valence-corrected chi connectivity index (χ0v) is 19.5. The molecular formula is C23H22N2O8S. The van der Waals surface area contributed by atoms with Crippen LogP contribution in [0.25, 0.3) is 6.08 Å². The average Bonchev–Trinajstić information content (AvgIpc) is 3.03. The van der Waals surface area contributed by atoms with Gasteiger partial charge in [0, 0.05) is 6.92 Å². The predicted molar refractivity (Wildman–Crippen MR) is 125 cm³/mol. The number of imide groups is 1. The Morgan fingerprint density at radius 2 is 1.85 bits per heavy atom. The van der Waals surface area contributed by atoms with Crippen LogP contribution in [-0.4, -0.2) is 46.7 Å². The molecule has 0 aliphatic carbocycles. The molecule has 1 saturated heterocycles. The number of benzene rings is 2. The summed E-state index contributed by atoms with van der Waals surface area (Å²) < 4.78 is 16.0. The van der Waals surface area contributed by atoms with Crippen LogP contribution >= 0.6 is 11.8 Å². The average molecular weight is 487 g/mol. The highest BCUT2D eigenvalue weighted by atomic mass is 32.2. The quantitative estimate of drug-likeness (QED) is 0.167. The highest BCUT2D eigenvalue weighted by Crippen LogP contribution is 2.42. The lowest BCUT2D eigenvalue weighted by atomic mass is 10.1. The van der Waals surface area contributed by atoms with E-state index < -0.39 is 27.7 Å². The van der Waals surface area contributed by atoms with E-state index in [9.17, 15) is 24.5 Å². The number of thioether (sulfide) groups is 1. The maximum atomic E-state index is 12.8. The predicted octanol–water partition coefficient (Wildman–Crippen LogP) is 4.34. The van der Waals surface area contributed by atoms with Crippen LogP contribution in [-0.2, 0) is 9.59 Å². The lowest BCUT2D eigenvalue weighted by molar-refractivity contribution is -0.386. The van der Waals surface area contributed by atoms with Crippen molar-refractivity contribution < 1.29 is 33.5 Å². The van der Waals surface area contributed by atoms with Crippen molar-refractivity contribution in [2.45, 2.75) is 20.8 Å². The van der Waals surface area contributed by atoms with E-state index in [0.717, 1.165) is 17.4 Å². The number of esters is 1. The first-order valence-corrected chi connectivity index (χ1v) is 11.1. The maximum absolute atomic E-state index is 12.8. The Balaban J connectivity index is 1.83. The van der Waals surface area contributed by atoms with Crippen LogP contribution in [0.2, 0.25) is 0 Å². The number of aryl methyl sites for hydroxylation is 1. The maximum Gasteiger partial charge on any atom is 0.322 e. The topological polar surface area (TPSA) is 125 Å². The Kier molecular flexibility index (Phi) is 7.90. The van der Waals surface area contributed by atoms with Gasteiger partial charge in [-0.3, -0.25) is 29.4 Å². The molecule has 1 fully saturated rings. The molecule has 2 amide bonds. The number of nitro benzene ring substituents is 1. The molecule has 1 aliphatic heterocycles. The van der Waals surface area contributed by atoms with E-state index in [1.807, 2.05) is 19.1 Å². The minimum absolute atomic E-state index is 0.0196. The van der Waals surface area contributed by atoms with E-state index >= 15 is 0 Å². The molecule has 0 radical (unpaired) electrons. The van der Waals surface area contributed by atoms with E-state index in [0.29, 0.717) is 17.5 Å². The van der Waals surface area contributed by atoms with Crippen molar-refractivity contribution in [1.29, 1.82) is 0 Å². The lowest BCUT2D eigenvalue weighted by Crippen LogP contribution is -2.32. The Labute approximate surface area is 199 Å². The number of amides is 2. The van der Waals surface area contributed by atoms with Gasteiger partial charge < -0.3 is 14.2 Å². The fourth-order valence-corrected chi connectivity index (χ4v) is 3.97. The smallest absolute Gasteiger partial charge is 0.322 e. The third kappa shape index (κ3) is 5.73. The van der Waals surface area contributed by atoms with Crippen LogP contribution in [0.4, 0.5) is 10.5 Å². The van der Waals surface area contributed by atoms with E-state index in [-0.39, 0.29) is 41.7 Å². The molecule has 0 spiro atoms.